The number of fused-ring (bicyclic) bond motifs is 3. The number of aryl methyl sites for hydroxylation is 1. The minimum atomic E-state index is 0.518. The second-order valence-electron chi connectivity index (χ2n) is 5.13. The zero-order valence-electron chi connectivity index (χ0n) is 11.1. The Morgan fingerprint density at radius 3 is 2.95 bits per heavy atom. The lowest BCUT2D eigenvalue weighted by atomic mass is 10.2. The van der Waals surface area contributed by atoms with E-state index in [0.29, 0.717) is 11.1 Å². The minimum Gasteiger partial charge on any atom is -0.351 e. The van der Waals surface area contributed by atoms with Crippen LogP contribution in [0.25, 0.3) is 16.6 Å². The van der Waals surface area contributed by atoms with Crippen LogP contribution in [0, 0.1) is 0 Å². The summed E-state index contributed by atoms with van der Waals surface area (Å²) in [5.74, 6) is 1.59. The number of benzene rings is 1. The zero-order valence-corrected chi connectivity index (χ0v) is 11.9. The first-order valence-electron chi connectivity index (χ1n) is 6.86. The van der Waals surface area contributed by atoms with E-state index in [1.165, 1.54) is 12.8 Å². The molecule has 1 aliphatic carbocycles. The maximum atomic E-state index is 6.09. The fraction of sp³-hybridized carbons (Fsp3) is 0.357. The molecule has 1 aliphatic rings. The van der Waals surface area contributed by atoms with E-state index >= 15 is 0 Å². The average Bonchev–Trinajstić information content (AvgIpc) is 3.15. The molecule has 0 radical (unpaired) electrons. The molecule has 1 saturated carbocycles. The molecule has 20 heavy (non-hydrogen) atoms. The van der Waals surface area contributed by atoms with Gasteiger partial charge in [-0.1, -0.05) is 18.5 Å². The predicted molar refractivity (Wildman–Crippen MR) is 79.3 cm³/mol. The molecule has 0 bridgehead atoms. The number of halogens is 1. The van der Waals surface area contributed by atoms with Gasteiger partial charge in [0, 0.05) is 22.9 Å². The Labute approximate surface area is 121 Å². The first-order chi connectivity index (χ1) is 9.74. The molecule has 3 aromatic rings. The molecule has 0 spiro atoms. The molecule has 5 nitrogen and oxygen atoms in total. The molecule has 102 valence electrons. The lowest BCUT2D eigenvalue weighted by Gasteiger charge is -2.08. The molecule has 0 atom stereocenters. The van der Waals surface area contributed by atoms with Crippen molar-refractivity contribution in [3.05, 3.63) is 29.0 Å². The number of anilines is 1. The summed E-state index contributed by atoms with van der Waals surface area (Å²) in [5, 5.41) is 9.57. The number of nitrogens with zero attached hydrogens (tertiary/aromatic N) is 4. The minimum absolute atomic E-state index is 0.518. The second kappa shape index (κ2) is 4.31. The van der Waals surface area contributed by atoms with Gasteiger partial charge in [-0.25, -0.2) is 9.97 Å². The Kier molecular flexibility index (Phi) is 2.57. The van der Waals surface area contributed by atoms with E-state index in [9.17, 15) is 0 Å². The van der Waals surface area contributed by atoms with E-state index in [1.54, 1.807) is 4.52 Å². The normalized spacial score (nSPS) is 15.1. The van der Waals surface area contributed by atoms with Crippen LogP contribution < -0.4 is 5.32 Å². The Morgan fingerprint density at radius 2 is 2.20 bits per heavy atom. The van der Waals surface area contributed by atoms with Crippen molar-refractivity contribution in [1.82, 2.24) is 19.6 Å². The highest BCUT2D eigenvalue weighted by atomic mass is 35.5. The summed E-state index contributed by atoms with van der Waals surface area (Å²) in [6, 6.07) is 6.19. The summed E-state index contributed by atoms with van der Waals surface area (Å²) in [6.45, 7) is 2.05. The van der Waals surface area contributed by atoms with Crippen LogP contribution in [0.4, 0.5) is 5.95 Å². The van der Waals surface area contributed by atoms with Gasteiger partial charge >= 0.3 is 0 Å². The largest absolute Gasteiger partial charge is 0.351 e. The molecule has 2 aromatic heterocycles. The molecule has 1 N–H and O–H groups in total. The standard InChI is InChI=1S/C14H14ClN5/c1-2-12-18-13-10-7-8(15)3-6-11(10)17-14(20(13)19-12)16-9-4-5-9/h3,6-7,9H,2,4-5H2,1H3,(H,16,17). The van der Waals surface area contributed by atoms with Gasteiger partial charge in [-0.3, -0.25) is 0 Å². The van der Waals surface area contributed by atoms with E-state index in [2.05, 4.69) is 20.4 Å². The van der Waals surface area contributed by atoms with Crippen molar-refractivity contribution in [3.8, 4) is 0 Å². The fourth-order valence-corrected chi connectivity index (χ4v) is 2.45. The van der Waals surface area contributed by atoms with Gasteiger partial charge in [0.2, 0.25) is 5.95 Å². The van der Waals surface area contributed by atoms with Crippen LogP contribution in [-0.2, 0) is 6.42 Å². The van der Waals surface area contributed by atoms with Crippen LogP contribution in [0.1, 0.15) is 25.6 Å². The number of hydrogen-bond donors (Lipinski definition) is 1. The summed E-state index contributed by atoms with van der Waals surface area (Å²) >= 11 is 6.09. The highest BCUT2D eigenvalue weighted by Crippen LogP contribution is 2.27. The smallest absolute Gasteiger partial charge is 0.226 e. The molecule has 2 heterocycles. The summed E-state index contributed by atoms with van der Waals surface area (Å²) in [4.78, 5) is 9.26. The highest BCUT2D eigenvalue weighted by molar-refractivity contribution is 6.31. The van der Waals surface area contributed by atoms with E-state index < -0.39 is 0 Å². The topological polar surface area (TPSA) is 55.1 Å². The first-order valence-corrected chi connectivity index (χ1v) is 7.24. The van der Waals surface area contributed by atoms with E-state index in [0.717, 1.165) is 34.7 Å². The van der Waals surface area contributed by atoms with Crippen LogP contribution in [0.3, 0.4) is 0 Å². The summed E-state index contributed by atoms with van der Waals surface area (Å²) in [5.41, 5.74) is 1.71. The van der Waals surface area contributed by atoms with Gasteiger partial charge in [-0.15, -0.1) is 5.10 Å². The molecule has 0 saturated heterocycles. The molecular weight excluding hydrogens is 274 g/mol. The average molecular weight is 288 g/mol. The lowest BCUT2D eigenvalue weighted by molar-refractivity contribution is 0.866. The van der Waals surface area contributed by atoms with Crippen molar-refractivity contribution < 1.29 is 0 Å². The molecule has 4 rings (SSSR count). The van der Waals surface area contributed by atoms with Gasteiger partial charge in [-0.2, -0.15) is 4.52 Å². The van der Waals surface area contributed by atoms with Crippen LogP contribution in [0.5, 0.6) is 0 Å². The monoisotopic (exact) mass is 287 g/mol. The Morgan fingerprint density at radius 1 is 1.35 bits per heavy atom. The maximum Gasteiger partial charge on any atom is 0.226 e. The highest BCUT2D eigenvalue weighted by Gasteiger charge is 2.23. The predicted octanol–water partition coefficient (Wildman–Crippen LogP) is 3.07. The molecule has 0 unspecified atom stereocenters. The molecular formula is C14H14ClN5. The van der Waals surface area contributed by atoms with Gasteiger partial charge in [0.1, 0.15) is 0 Å². The summed E-state index contributed by atoms with van der Waals surface area (Å²) < 4.78 is 1.80. The second-order valence-corrected chi connectivity index (χ2v) is 5.57. The van der Waals surface area contributed by atoms with E-state index in [1.807, 2.05) is 25.1 Å². The molecule has 0 aliphatic heterocycles. The number of aromatic nitrogens is 4. The Bertz CT molecular complexity index is 806. The number of hydrogen-bond acceptors (Lipinski definition) is 4. The zero-order chi connectivity index (χ0) is 13.7. The van der Waals surface area contributed by atoms with Gasteiger partial charge < -0.3 is 5.32 Å². The summed E-state index contributed by atoms with van der Waals surface area (Å²) in [7, 11) is 0. The quantitative estimate of drug-likeness (QED) is 0.804. The van der Waals surface area contributed by atoms with Gasteiger partial charge in [0.25, 0.3) is 0 Å². The van der Waals surface area contributed by atoms with Crippen molar-refractivity contribution in [1.29, 1.82) is 0 Å². The third kappa shape index (κ3) is 1.89. The van der Waals surface area contributed by atoms with Crippen LogP contribution in [-0.4, -0.2) is 25.6 Å². The fourth-order valence-electron chi connectivity index (χ4n) is 2.28. The van der Waals surface area contributed by atoms with E-state index in [-0.39, 0.29) is 0 Å². The van der Waals surface area contributed by atoms with Crippen molar-refractivity contribution in [3.63, 3.8) is 0 Å². The van der Waals surface area contributed by atoms with Gasteiger partial charge in [0.05, 0.1) is 5.52 Å². The molecule has 6 heteroatoms. The van der Waals surface area contributed by atoms with Crippen LogP contribution in [0.15, 0.2) is 18.2 Å². The summed E-state index contributed by atoms with van der Waals surface area (Å²) in [6.07, 6.45) is 3.18. The molecule has 0 amide bonds. The number of nitrogens with one attached hydrogen (secondary N) is 1. The van der Waals surface area contributed by atoms with Crippen LogP contribution in [0.2, 0.25) is 5.02 Å². The third-order valence-electron chi connectivity index (χ3n) is 3.50. The SMILES string of the molecule is CCc1nc2c3cc(Cl)ccc3nc(NC3CC3)n2n1. The van der Waals surface area contributed by atoms with Crippen molar-refractivity contribution in [2.75, 3.05) is 5.32 Å². The Hall–Kier alpha value is -1.88. The van der Waals surface area contributed by atoms with E-state index in [4.69, 9.17) is 11.6 Å². The number of rotatable bonds is 3. The van der Waals surface area contributed by atoms with Crippen LogP contribution >= 0.6 is 11.6 Å². The lowest BCUT2D eigenvalue weighted by Crippen LogP contribution is -2.09. The van der Waals surface area contributed by atoms with Crippen molar-refractivity contribution in [2.45, 2.75) is 32.2 Å². The van der Waals surface area contributed by atoms with Crippen molar-refractivity contribution >= 4 is 34.1 Å². The first kappa shape index (κ1) is 11.9. The van der Waals surface area contributed by atoms with Gasteiger partial charge in [-0.05, 0) is 31.0 Å². The Balaban J connectivity index is 2.03. The molecule has 1 aromatic carbocycles. The van der Waals surface area contributed by atoms with Gasteiger partial charge in [0.15, 0.2) is 11.5 Å². The maximum absolute atomic E-state index is 6.09. The van der Waals surface area contributed by atoms with Crippen molar-refractivity contribution in [2.24, 2.45) is 0 Å². The third-order valence-corrected chi connectivity index (χ3v) is 3.74. The molecule has 1 fully saturated rings.